The molecule has 8 heteroatoms. The predicted octanol–water partition coefficient (Wildman–Crippen LogP) is 0.483. The number of thiophene rings is 1. The third-order valence-corrected chi connectivity index (χ3v) is 4.21. The van der Waals surface area contributed by atoms with E-state index in [4.69, 9.17) is 0 Å². The lowest BCUT2D eigenvalue weighted by Crippen LogP contribution is -2.28. The van der Waals surface area contributed by atoms with Gasteiger partial charge < -0.3 is 5.11 Å². The van der Waals surface area contributed by atoms with Crippen molar-refractivity contribution in [1.29, 1.82) is 0 Å². The third-order valence-electron chi connectivity index (χ3n) is 2.16. The fourth-order valence-electron chi connectivity index (χ4n) is 1.24. The smallest absolute Gasteiger partial charge is 0.257 e. The fourth-order valence-corrected chi connectivity index (χ4v) is 2.89. The molecule has 3 N–H and O–H groups in total. The van der Waals surface area contributed by atoms with Gasteiger partial charge in [0.1, 0.15) is 0 Å². The van der Waals surface area contributed by atoms with E-state index in [1.807, 2.05) is 5.38 Å². The molecule has 17 heavy (non-hydrogen) atoms. The first-order chi connectivity index (χ1) is 8.09. The first-order valence-electron chi connectivity index (χ1n) is 4.79. The summed E-state index contributed by atoms with van der Waals surface area (Å²) >= 11 is 1.45. The lowest BCUT2D eigenvalue weighted by molar-refractivity contribution is 0.182. The van der Waals surface area contributed by atoms with Gasteiger partial charge in [0, 0.05) is 6.54 Å². The first-order valence-corrected chi connectivity index (χ1v) is 7.21. The van der Waals surface area contributed by atoms with E-state index in [1.54, 1.807) is 11.4 Å². The predicted molar refractivity (Wildman–Crippen MR) is 63.1 cm³/mol. The van der Waals surface area contributed by atoms with Gasteiger partial charge in [-0.2, -0.15) is 16.4 Å². The first kappa shape index (κ1) is 12.2. The van der Waals surface area contributed by atoms with Crippen molar-refractivity contribution in [2.45, 2.75) is 11.1 Å². The molecule has 6 nitrogen and oxygen atoms in total. The molecule has 1 atom stereocenters. The van der Waals surface area contributed by atoms with Crippen LogP contribution in [-0.2, 0) is 10.0 Å². The Bertz CT molecular complexity index is 548. The molecule has 2 rings (SSSR count). The maximum absolute atomic E-state index is 11.7. The van der Waals surface area contributed by atoms with Gasteiger partial charge in [-0.15, -0.1) is 0 Å². The van der Waals surface area contributed by atoms with E-state index in [2.05, 4.69) is 14.9 Å². The van der Waals surface area contributed by atoms with Gasteiger partial charge in [-0.1, -0.05) is 0 Å². The molecular weight excluding hydrogens is 262 g/mol. The monoisotopic (exact) mass is 273 g/mol. The summed E-state index contributed by atoms with van der Waals surface area (Å²) < 4.78 is 25.7. The number of aromatic nitrogens is 2. The Morgan fingerprint density at radius 3 is 2.94 bits per heavy atom. The van der Waals surface area contributed by atoms with Gasteiger partial charge in [-0.05, 0) is 28.5 Å². The Kier molecular flexibility index (Phi) is 3.57. The van der Waals surface area contributed by atoms with Crippen LogP contribution >= 0.6 is 11.3 Å². The van der Waals surface area contributed by atoms with Gasteiger partial charge in [0.05, 0.1) is 12.3 Å². The van der Waals surface area contributed by atoms with E-state index < -0.39 is 16.1 Å². The molecular formula is C9H11N3O3S2. The third kappa shape index (κ3) is 2.91. The van der Waals surface area contributed by atoms with Crippen LogP contribution in [0.4, 0.5) is 0 Å². The summed E-state index contributed by atoms with van der Waals surface area (Å²) in [5.74, 6) is 0. The van der Waals surface area contributed by atoms with Gasteiger partial charge >= 0.3 is 0 Å². The summed E-state index contributed by atoms with van der Waals surface area (Å²) in [5, 5.41) is 19.2. The van der Waals surface area contributed by atoms with Gasteiger partial charge in [-0.3, -0.25) is 5.10 Å². The van der Waals surface area contributed by atoms with Crippen LogP contribution in [0, 0.1) is 0 Å². The fraction of sp³-hybridized carbons (Fsp3) is 0.222. The van der Waals surface area contributed by atoms with E-state index in [0.29, 0.717) is 5.56 Å². The zero-order valence-corrected chi connectivity index (χ0v) is 10.3. The average Bonchev–Trinajstić information content (AvgIpc) is 2.97. The molecule has 0 fully saturated rings. The molecule has 0 amide bonds. The molecule has 0 aromatic carbocycles. The second-order valence-electron chi connectivity index (χ2n) is 3.35. The highest BCUT2D eigenvalue weighted by atomic mass is 32.2. The van der Waals surface area contributed by atoms with E-state index in [0.717, 1.165) is 0 Å². The summed E-state index contributed by atoms with van der Waals surface area (Å²) in [6, 6.07) is 3.10. The van der Waals surface area contributed by atoms with Crippen molar-refractivity contribution in [2.75, 3.05) is 6.54 Å². The summed E-state index contributed by atoms with van der Waals surface area (Å²) in [5.41, 5.74) is 0.697. The Hall–Kier alpha value is -1.22. The molecule has 0 saturated heterocycles. The van der Waals surface area contributed by atoms with Crippen molar-refractivity contribution in [2.24, 2.45) is 0 Å². The van der Waals surface area contributed by atoms with Crippen molar-refractivity contribution >= 4 is 21.4 Å². The molecule has 0 bridgehead atoms. The number of H-pyrrole nitrogens is 1. The minimum absolute atomic E-state index is 0.0185. The van der Waals surface area contributed by atoms with Gasteiger partial charge in [-0.25, -0.2) is 13.1 Å². The van der Waals surface area contributed by atoms with Crippen molar-refractivity contribution in [1.82, 2.24) is 14.9 Å². The second-order valence-corrected chi connectivity index (χ2v) is 5.86. The summed E-state index contributed by atoms with van der Waals surface area (Å²) in [6.07, 6.45) is 0.503. The zero-order chi connectivity index (χ0) is 12.3. The highest BCUT2D eigenvalue weighted by Gasteiger charge is 2.17. The van der Waals surface area contributed by atoms with E-state index >= 15 is 0 Å². The maximum atomic E-state index is 11.7. The van der Waals surface area contributed by atoms with Crippen LogP contribution in [-0.4, -0.2) is 30.3 Å². The second kappa shape index (κ2) is 4.96. The topological polar surface area (TPSA) is 95.1 Å². The lowest BCUT2D eigenvalue weighted by Gasteiger charge is -2.09. The Morgan fingerprint density at radius 1 is 1.53 bits per heavy atom. The van der Waals surface area contributed by atoms with E-state index in [9.17, 15) is 13.5 Å². The SMILES string of the molecule is O=S(=O)(NCC(O)c1ccsc1)c1ccn[nH]1. The normalized spacial score (nSPS) is 13.7. The molecule has 0 radical (unpaired) electrons. The van der Waals surface area contributed by atoms with Crippen LogP contribution in [0.3, 0.4) is 0 Å². The van der Waals surface area contributed by atoms with E-state index in [1.165, 1.54) is 23.6 Å². The minimum Gasteiger partial charge on any atom is -0.387 e. The van der Waals surface area contributed by atoms with Gasteiger partial charge in [0.25, 0.3) is 10.0 Å². The number of aromatic amines is 1. The molecule has 0 saturated carbocycles. The summed E-state index contributed by atoms with van der Waals surface area (Å²) in [7, 11) is -3.63. The molecule has 0 spiro atoms. The molecule has 1 unspecified atom stereocenters. The summed E-state index contributed by atoms with van der Waals surface area (Å²) in [4.78, 5) is 0. The quantitative estimate of drug-likeness (QED) is 0.738. The molecule has 92 valence electrons. The lowest BCUT2D eigenvalue weighted by atomic mass is 10.2. The number of hydrogen-bond acceptors (Lipinski definition) is 5. The number of nitrogens with zero attached hydrogens (tertiary/aromatic N) is 1. The highest BCUT2D eigenvalue weighted by molar-refractivity contribution is 7.89. The molecule has 0 aliphatic carbocycles. The molecule has 2 heterocycles. The minimum atomic E-state index is -3.63. The van der Waals surface area contributed by atoms with Crippen molar-refractivity contribution in [3.05, 3.63) is 34.7 Å². The Balaban J connectivity index is 1.99. The van der Waals surface area contributed by atoms with Crippen LogP contribution < -0.4 is 4.72 Å². The van der Waals surface area contributed by atoms with Crippen molar-refractivity contribution in [3.63, 3.8) is 0 Å². The van der Waals surface area contributed by atoms with Crippen molar-refractivity contribution < 1.29 is 13.5 Å². The molecule has 0 aliphatic heterocycles. The van der Waals surface area contributed by atoms with Gasteiger partial charge in [0.2, 0.25) is 0 Å². The van der Waals surface area contributed by atoms with Crippen LogP contribution in [0.25, 0.3) is 0 Å². The summed E-state index contributed by atoms with van der Waals surface area (Å²) in [6.45, 7) is -0.0713. The van der Waals surface area contributed by atoms with Crippen LogP contribution in [0.5, 0.6) is 0 Å². The Labute approximate surface area is 102 Å². The van der Waals surface area contributed by atoms with Crippen LogP contribution in [0.15, 0.2) is 34.1 Å². The number of hydrogen-bond donors (Lipinski definition) is 3. The van der Waals surface area contributed by atoms with Crippen molar-refractivity contribution in [3.8, 4) is 0 Å². The number of sulfonamides is 1. The van der Waals surface area contributed by atoms with E-state index in [-0.39, 0.29) is 11.6 Å². The molecule has 2 aromatic heterocycles. The van der Waals surface area contributed by atoms with Gasteiger partial charge in [0.15, 0.2) is 5.03 Å². The average molecular weight is 273 g/mol. The standard InChI is InChI=1S/C9H11N3O3S2/c13-8(7-2-4-16-6-7)5-11-17(14,15)9-1-3-10-12-9/h1-4,6,8,11,13H,5H2,(H,10,12). The van der Waals surface area contributed by atoms with Crippen LogP contribution in [0.2, 0.25) is 0 Å². The maximum Gasteiger partial charge on any atom is 0.257 e. The zero-order valence-electron chi connectivity index (χ0n) is 8.70. The molecule has 0 aliphatic rings. The largest absolute Gasteiger partial charge is 0.387 e. The number of rotatable bonds is 5. The number of aliphatic hydroxyl groups is 1. The Morgan fingerprint density at radius 2 is 2.35 bits per heavy atom. The number of aliphatic hydroxyl groups excluding tert-OH is 1. The molecule has 2 aromatic rings. The van der Waals surface area contributed by atoms with Crippen LogP contribution in [0.1, 0.15) is 11.7 Å². The highest BCUT2D eigenvalue weighted by Crippen LogP contribution is 2.15. The number of nitrogens with one attached hydrogen (secondary N) is 2.